The number of rotatable bonds is 5. The van der Waals surface area contributed by atoms with E-state index in [-0.39, 0.29) is 6.61 Å². The maximum absolute atomic E-state index is 8.95. The Morgan fingerprint density at radius 1 is 1.47 bits per heavy atom. The summed E-state index contributed by atoms with van der Waals surface area (Å²) in [5.41, 5.74) is 1.92. The molecule has 0 saturated carbocycles. The quantitative estimate of drug-likeness (QED) is 0.906. The molecule has 0 radical (unpaired) electrons. The Hall–Kier alpha value is -0.890. The molecule has 1 aliphatic rings. The van der Waals surface area contributed by atoms with Gasteiger partial charge in [-0.2, -0.15) is 5.26 Å². The van der Waals surface area contributed by atoms with Crippen LogP contribution in [0.3, 0.4) is 0 Å². The van der Waals surface area contributed by atoms with Gasteiger partial charge in [0.15, 0.2) is 0 Å². The highest BCUT2D eigenvalue weighted by Crippen LogP contribution is 2.26. The SMILES string of the molecule is N#Cc1ccc(CN2CCC[C@@H]2CCCO)c(Br)c1. The first-order valence-corrected chi connectivity index (χ1v) is 7.57. The molecule has 19 heavy (non-hydrogen) atoms. The summed E-state index contributed by atoms with van der Waals surface area (Å²) in [4.78, 5) is 2.49. The molecule has 1 fully saturated rings. The summed E-state index contributed by atoms with van der Waals surface area (Å²) in [5.74, 6) is 0. The molecule has 0 spiro atoms. The lowest BCUT2D eigenvalue weighted by atomic mass is 10.1. The topological polar surface area (TPSA) is 47.3 Å². The van der Waals surface area contributed by atoms with Crippen molar-refractivity contribution in [3.63, 3.8) is 0 Å². The van der Waals surface area contributed by atoms with Crippen molar-refractivity contribution < 1.29 is 5.11 Å². The molecular formula is C15H19BrN2O. The summed E-state index contributed by atoms with van der Waals surface area (Å²) in [5, 5.41) is 17.8. The smallest absolute Gasteiger partial charge is 0.0992 e. The molecule has 102 valence electrons. The molecule has 0 unspecified atom stereocenters. The Labute approximate surface area is 123 Å². The highest BCUT2D eigenvalue weighted by Gasteiger charge is 2.24. The third-order valence-electron chi connectivity index (χ3n) is 3.75. The summed E-state index contributed by atoms with van der Waals surface area (Å²) in [7, 11) is 0. The molecule has 4 heteroatoms. The molecule has 1 aliphatic heterocycles. The first-order chi connectivity index (χ1) is 9.24. The van der Waals surface area contributed by atoms with Gasteiger partial charge in [-0.1, -0.05) is 22.0 Å². The van der Waals surface area contributed by atoms with Crippen LogP contribution in [0.15, 0.2) is 22.7 Å². The average Bonchev–Trinajstić information content (AvgIpc) is 2.86. The second-order valence-electron chi connectivity index (χ2n) is 5.05. The van der Waals surface area contributed by atoms with Gasteiger partial charge < -0.3 is 5.11 Å². The number of halogens is 1. The van der Waals surface area contributed by atoms with E-state index in [1.54, 1.807) is 0 Å². The largest absolute Gasteiger partial charge is 0.396 e. The molecule has 1 aromatic carbocycles. The van der Waals surface area contributed by atoms with E-state index >= 15 is 0 Å². The van der Waals surface area contributed by atoms with Gasteiger partial charge >= 0.3 is 0 Å². The fourth-order valence-electron chi connectivity index (χ4n) is 2.72. The van der Waals surface area contributed by atoms with E-state index < -0.39 is 0 Å². The fraction of sp³-hybridized carbons (Fsp3) is 0.533. The molecule has 0 bridgehead atoms. The summed E-state index contributed by atoms with van der Waals surface area (Å²) in [6, 6.07) is 8.54. The highest BCUT2D eigenvalue weighted by molar-refractivity contribution is 9.10. The van der Waals surface area contributed by atoms with Crippen LogP contribution in [0, 0.1) is 11.3 Å². The predicted molar refractivity (Wildman–Crippen MR) is 78.6 cm³/mol. The number of likely N-dealkylation sites (tertiary alicyclic amines) is 1. The zero-order chi connectivity index (χ0) is 13.7. The Bertz CT molecular complexity index is 470. The van der Waals surface area contributed by atoms with Crippen molar-refractivity contribution in [3.8, 4) is 6.07 Å². The van der Waals surface area contributed by atoms with Crippen molar-refractivity contribution in [2.75, 3.05) is 13.2 Å². The summed E-state index contributed by atoms with van der Waals surface area (Å²) < 4.78 is 1.01. The van der Waals surface area contributed by atoms with Gasteiger partial charge in [-0.15, -0.1) is 0 Å². The van der Waals surface area contributed by atoms with Crippen molar-refractivity contribution in [3.05, 3.63) is 33.8 Å². The number of aliphatic hydroxyl groups excluding tert-OH is 1. The average molecular weight is 323 g/mol. The zero-order valence-electron chi connectivity index (χ0n) is 11.0. The number of nitrogens with zero attached hydrogens (tertiary/aromatic N) is 2. The van der Waals surface area contributed by atoms with Gasteiger partial charge in [0, 0.05) is 23.7 Å². The van der Waals surface area contributed by atoms with E-state index in [9.17, 15) is 0 Å². The minimum absolute atomic E-state index is 0.283. The van der Waals surface area contributed by atoms with Crippen LogP contribution in [0.25, 0.3) is 0 Å². The van der Waals surface area contributed by atoms with E-state index in [0.717, 1.165) is 30.4 Å². The first-order valence-electron chi connectivity index (χ1n) is 6.78. The second-order valence-corrected chi connectivity index (χ2v) is 5.90. The number of nitriles is 1. The Morgan fingerprint density at radius 2 is 2.32 bits per heavy atom. The molecule has 1 aromatic rings. The van der Waals surface area contributed by atoms with Gasteiger partial charge in [-0.3, -0.25) is 4.90 Å². The predicted octanol–water partition coefficient (Wildman–Crippen LogP) is 3.06. The monoisotopic (exact) mass is 322 g/mol. The van der Waals surface area contributed by atoms with Crippen molar-refractivity contribution in [2.24, 2.45) is 0 Å². The maximum Gasteiger partial charge on any atom is 0.0992 e. The van der Waals surface area contributed by atoms with Crippen LogP contribution in [0.2, 0.25) is 0 Å². The Balaban J connectivity index is 2.02. The molecule has 0 amide bonds. The molecule has 1 heterocycles. The lowest BCUT2D eigenvalue weighted by molar-refractivity contribution is 0.210. The third-order valence-corrected chi connectivity index (χ3v) is 4.49. The van der Waals surface area contributed by atoms with Gasteiger partial charge in [-0.05, 0) is 49.9 Å². The van der Waals surface area contributed by atoms with Crippen molar-refractivity contribution >= 4 is 15.9 Å². The number of aliphatic hydroxyl groups is 1. The minimum atomic E-state index is 0.283. The molecule has 0 aliphatic carbocycles. The standard InChI is InChI=1S/C15H19BrN2O/c16-15-9-12(10-17)5-6-13(15)11-18-7-1-3-14(18)4-2-8-19/h5-6,9,14,19H,1-4,7-8,11H2/t14-/m1/s1. The maximum atomic E-state index is 8.95. The lowest BCUT2D eigenvalue weighted by Crippen LogP contribution is -2.29. The molecular weight excluding hydrogens is 304 g/mol. The van der Waals surface area contributed by atoms with E-state index in [0.29, 0.717) is 11.6 Å². The molecule has 1 saturated heterocycles. The highest BCUT2D eigenvalue weighted by atomic mass is 79.9. The first kappa shape index (κ1) is 14.5. The normalized spacial score (nSPS) is 19.5. The van der Waals surface area contributed by atoms with E-state index in [1.807, 2.05) is 18.2 Å². The zero-order valence-corrected chi connectivity index (χ0v) is 12.6. The van der Waals surface area contributed by atoms with Crippen LogP contribution in [-0.4, -0.2) is 29.2 Å². The Morgan fingerprint density at radius 3 is 3.00 bits per heavy atom. The molecule has 3 nitrogen and oxygen atoms in total. The van der Waals surface area contributed by atoms with Crippen molar-refractivity contribution in [1.82, 2.24) is 4.90 Å². The van der Waals surface area contributed by atoms with Gasteiger partial charge in [-0.25, -0.2) is 0 Å². The van der Waals surface area contributed by atoms with E-state index in [4.69, 9.17) is 10.4 Å². The summed E-state index contributed by atoms with van der Waals surface area (Å²) in [6.45, 7) is 2.33. The second kappa shape index (κ2) is 7.04. The number of benzene rings is 1. The minimum Gasteiger partial charge on any atom is -0.396 e. The van der Waals surface area contributed by atoms with Crippen LogP contribution in [0.1, 0.15) is 36.8 Å². The van der Waals surface area contributed by atoms with Crippen molar-refractivity contribution in [1.29, 1.82) is 5.26 Å². The Kier molecular flexibility index (Phi) is 5.38. The number of hydrogen-bond donors (Lipinski definition) is 1. The van der Waals surface area contributed by atoms with Gasteiger partial charge in [0.05, 0.1) is 11.6 Å². The van der Waals surface area contributed by atoms with Crippen LogP contribution in [-0.2, 0) is 6.54 Å². The summed E-state index contributed by atoms with van der Waals surface area (Å²) in [6.07, 6.45) is 4.43. The molecule has 2 rings (SSSR count). The van der Waals surface area contributed by atoms with Crippen LogP contribution >= 0.6 is 15.9 Å². The lowest BCUT2D eigenvalue weighted by Gasteiger charge is -2.24. The van der Waals surface area contributed by atoms with E-state index in [2.05, 4.69) is 26.9 Å². The molecule has 1 atom stereocenters. The molecule has 0 aromatic heterocycles. The van der Waals surface area contributed by atoms with Crippen LogP contribution in [0.5, 0.6) is 0 Å². The van der Waals surface area contributed by atoms with Gasteiger partial charge in [0.1, 0.15) is 0 Å². The fourth-order valence-corrected chi connectivity index (χ4v) is 3.23. The van der Waals surface area contributed by atoms with Gasteiger partial charge in [0.25, 0.3) is 0 Å². The van der Waals surface area contributed by atoms with Crippen LogP contribution in [0.4, 0.5) is 0 Å². The van der Waals surface area contributed by atoms with Crippen molar-refractivity contribution in [2.45, 2.75) is 38.3 Å². The molecule has 1 N–H and O–H groups in total. The number of hydrogen-bond acceptors (Lipinski definition) is 3. The third kappa shape index (κ3) is 3.79. The van der Waals surface area contributed by atoms with E-state index in [1.165, 1.54) is 18.4 Å². The van der Waals surface area contributed by atoms with Crippen LogP contribution < -0.4 is 0 Å². The summed E-state index contributed by atoms with van der Waals surface area (Å²) >= 11 is 3.55. The van der Waals surface area contributed by atoms with Gasteiger partial charge in [0.2, 0.25) is 0 Å².